The van der Waals surface area contributed by atoms with Crippen LogP contribution in [0.15, 0.2) is 48.5 Å². The SMILES string of the molecule is C#Cc1cc(OCc2ccccc2)ccc1OC(C)C. The molecule has 102 valence electrons. The molecule has 0 saturated carbocycles. The molecule has 0 unspecified atom stereocenters. The van der Waals surface area contributed by atoms with E-state index in [1.807, 2.05) is 62.4 Å². The van der Waals surface area contributed by atoms with Crippen LogP contribution in [0.5, 0.6) is 11.5 Å². The highest BCUT2D eigenvalue weighted by molar-refractivity contribution is 5.49. The fourth-order valence-corrected chi connectivity index (χ4v) is 1.81. The molecule has 0 amide bonds. The molecule has 0 aliphatic carbocycles. The summed E-state index contributed by atoms with van der Waals surface area (Å²) in [4.78, 5) is 0. The van der Waals surface area contributed by atoms with E-state index in [9.17, 15) is 0 Å². The lowest BCUT2D eigenvalue weighted by molar-refractivity contribution is 0.241. The third-order valence-corrected chi connectivity index (χ3v) is 2.72. The summed E-state index contributed by atoms with van der Waals surface area (Å²) < 4.78 is 11.4. The highest BCUT2D eigenvalue weighted by Crippen LogP contribution is 2.25. The van der Waals surface area contributed by atoms with E-state index in [-0.39, 0.29) is 6.10 Å². The normalized spacial score (nSPS) is 10.1. The fourth-order valence-electron chi connectivity index (χ4n) is 1.81. The minimum absolute atomic E-state index is 0.0955. The lowest BCUT2D eigenvalue weighted by Crippen LogP contribution is -2.07. The summed E-state index contributed by atoms with van der Waals surface area (Å²) in [5.41, 5.74) is 1.83. The standard InChI is InChI=1S/C18H18O2/c1-4-16-12-17(10-11-18(16)20-14(2)3)19-13-15-8-6-5-7-9-15/h1,5-12,14H,13H2,2-3H3. The number of benzene rings is 2. The maximum Gasteiger partial charge on any atom is 0.135 e. The minimum Gasteiger partial charge on any atom is -0.490 e. The van der Waals surface area contributed by atoms with E-state index in [2.05, 4.69) is 5.92 Å². The quantitative estimate of drug-likeness (QED) is 0.761. The smallest absolute Gasteiger partial charge is 0.135 e. The molecule has 20 heavy (non-hydrogen) atoms. The van der Waals surface area contributed by atoms with Crippen molar-refractivity contribution in [3.05, 3.63) is 59.7 Å². The number of rotatable bonds is 5. The van der Waals surface area contributed by atoms with Crippen LogP contribution in [0.4, 0.5) is 0 Å². The third-order valence-electron chi connectivity index (χ3n) is 2.72. The molecule has 2 aromatic carbocycles. The van der Waals surface area contributed by atoms with E-state index in [0.29, 0.717) is 12.2 Å². The first kappa shape index (κ1) is 14.0. The zero-order chi connectivity index (χ0) is 14.4. The predicted molar refractivity (Wildman–Crippen MR) is 80.9 cm³/mol. The molecule has 0 saturated heterocycles. The van der Waals surface area contributed by atoms with Crippen LogP contribution >= 0.6 is 0 Å². The van der Waals surface area contributed by atoms with Crippen molar-refractivity contribution in [3.8, 4) is 23.8 Å². The van der Waals surface area contributed by atoms with Crippen molar-refractivity contribution in [2.45, 2.75) is 26.6 Å². The predicted octanol–water partition coefficient (Wildman–Crippen LogP) is 4.03. The number of terminal acetylenes is 1. The van der Waals surface area contributed by atoms with Crippen molar-refractivity contribution >= 4 is 0 Å². The number of hydrogen-bond acceptors (Lipinski definition) is 2. The van der Waals surface area contributed by atoms with Gasteiger partial charge >= 0.3 is 0 Å². The van der Waals surface area contributed by atoms with Gasteiger partial charge in [0.15, 0.2) is 0 Å². The van der Waals surface area contributed by atoms with Gasteiger partial charge in [0, 0.05) is 0 Å². The Kier molecular flexibility index (Phi) is 4.68. The van der Waals surface area contributed by atoms with Gasteiger partial charge in [0.2, 0.25) is 0 Å². The molecule has 0 aliphatic rings. The Balaban J connectivity index is 2.08. The van der Waals surface area contributed by atoms with E-state index in [1.54, 1.807) is 0 Å². The van der Waals surface area contributed by atoms with Gasteiger partial charge in [0.05, 0.1) is 11.7 Å². The van der Waals surface area contributed by atoms with Crippen molar-refractivity contribution < 1.29 is 9.47 Å². The van der Waals surface area contributed by atoms with Crippen LogP contribution < -0.4 is 9.47 Å². The molecular formula is C18H18O2. The zero-order valence-corrected chi connectivity index (χ0v) is 11.8. The van der Waals surface area contributed by atoms with Gasteiger partial charge in [-0.1, -0.05) is 36.3 Å². The highest BCUT2D eigenvalue weighted by atomic mass is 16.5. The van der Waals surface area contributed by atoms with E-state index >= 15 is 0 Å². The van der Waals surface area contributed by atoms with Gasteiger partial charge in [0.25, 0.3) is 0 Å². The molecule has 0 fully saturated rings. The Morgan fingerprint density at radius 2 is 1.85 bits per heavy atom. The molecule has 0 bridgehead atoms. The molecule has 2 nitrogen and oxygen atoms in total. The topological polar surface area (TPSA) is 18.5 Å². The average molecular weight is 266 g/mol. The van der Waals surface area contributed by atoms with Crippen molar-refractivity contribution in [3.63, 3.8) is 0 Å². The van der Waals surface area contributed by atoms with Gasteiger partial charge in [-0.2, -0.15) is 0 Å². The molecule has 0 radical (unpaired) electrons. The first-order valence-electron chi connectivity index (χ1n) is 6.63. The lowest BCUT2D eigenvalue weighted by Gasteiger charge is -2.13. The summed E-state index contributed by atoms with van der Waals surface area (Å²) in [6, 6.07) is 15.6. The molecule has 0 aliphatic heterocycles. The summed E-state index contributed by atoms with van der Waals surface area (Å²) >= 11 is 0. The number of ether oxygens (including phenoxy) is 2. The first-order chi connectivity index (χ1) is 9.69. The van der Waals surface area contributed by atoms with E-state index < -0.39 is 0 Å². The fraction of sp³-hybridized carbons (Fsp3) is 0.222. The second-order valence-electron chi connectivity index (χ2n) is 4.74. The Bertz CT molecular complexity index is 595. The Labute approximate surface area is 120 Å². The summed E-state index contributed by atoms with van der Waals surface area (Å²) in [5.74, 6) is 4.10. The maximum absolute atomic E-state index is 5.74. The zero-order valence-electron chi connectivity index (χ0n) is 11.8. The van der Waals surface area contributed by atoms with Gasteiger partial charge < -0.3 is 9.47 Å². The van der Waals surface area contributed by atoms with E-state index in [1.165, 1.54) is 0 Å². The van der Waals surface area contributed by atoms with Crippen LogP contribution in [0, 0.1) is 12.3 Å². The monoisotopic (exact) mass is 266 g/mol. The number of hydrogen-bond donors (Lipinski definition) is 0. The summed E-state index contributed by atoms with van der Waals surface area (Å²) in [7, 11) is 0. The van der Waals surface area contributed by atoms with Crippen LogP contribution in [0.25, 0.3) is 0 Å². The van der Waals surface area contributed by atoms with Gasteiger partial charge in [-0.05, 0) is 37.6 Å². The summed E-state index contributed by atoms with van der Waals surface area (Å²) in [6.45, 7) is 4.47. The van der Waals surface area contributed by atoms with Gasteiger partial charge in [-0.25, -0.2) is 0 Å². The third kappa shape index (κ3) is 3.80. The molecule has 0 heterocycles. The maximum atomic E-state index is 5.74. The molecule has 2 rings (SSSR count). The van der Waals surface area contributed by atoms with E-state index in [4.69, 9.17) is 15.9 Å². The summed E-state index contributed by atoms with van der Waals surface area (Å²) in [5, 5.41) is 0. The minimum atomic E-state index is 0.0955. The molecule has 0 N–H and O–H groups in total. The van der Waals surface area contributed by atoms with Crippen LogP contribution in [-0.2, 0) is 6.61 Å². The van der Waals surface area contributed by atoms with Gasteiger partial charge in [0.1, 0.15) is 18.1 Å². The molecule has 0 aromatic heterocycles. The Morgan fingerprint density at radius 3 is 2.50 bits per heavy atom. The second kappa shape index (κ2) is 6.68. The van der Waals surface area contributed by atoms with Gasteiger partial charge in [-0.3, -0.25) is 0 Å². The Morgan fingerprint density at radius 1 is 1.10 bits per heavy atom. The van der Waals surface area contributed by atoms with Crippen LogP contribution in [0.1, 0.15) is 25.0 Å². The van der Waals surface area contributed by atoms with Crippen molar-refractivity contribution in [2.24, 2.45) is 0 Å². The summed E-state index contributed by atoms with van der Waals surface area (Å²) in [6.07, 6.45) is 5.61. The molecule has 0 atom stereocenters. The second-order valence-corrected chi connectivity index (χ2v) is 4.74. The molecular weight excluding hydrogens is 248 g/mol. The van der Waals surface area contributed by atoms with Gasteiger partial charge in [-0.15, -0.1) is 6.42 Å². The van der Waals surface area contributed by atoms with Crippen molar-refractivity contribution in [1.29, 1.82) is 0 Å². The molecule has 0 spiro atoms. The highest BCUT2D eigenvalue weighted by Gasteiger charge is 2.06. The first-order valence-corrected chi connectivity index (χ1v) is 6.63. The lowest BCUT2D eigenvalue weighted by atomic mass is 10.2. The Hall–Kier alpha value is -2.40. The van der Waals surface area contributed by atoms with Crippen LogP contribution in [-0.4, -0.2) is 6.10 Å². The van der Waals surface area contributed by atoms with E-state index in [0.717, 1.165) is 17.1 Å². The van der Waals surface area contributed by atoms with Crippen molar-refractivity contribution in [2.75, 3.05) is 0 Å². The average Bonchev–Trinajstić information content (AvgIpc) is 2.46. The van der Waals surface area contributed by atoms with Crippen molar-refractivity contribution in [1.82, 2.24) is 0 Å². The van der Waals surface area contributed by atoms with Crippen LogP contribution in [0.3, 0.4) is 0 Å². The largest absolute Gasteiger partial charge is 0.490 e. The van der Waals surface area contributed by atoms with Crippen LogP contribution in [0.2, 0.25) is 0 Å². The molecule has 2 aromatic rings. The molecule has 2 heteroatoms.